The quantitative estimate of drug-likeness (QED) is 0.259. The first kappa shape index (κ1) is 32.0. The van der Waals surface area contributed by atoms with Crippen molar-refractivity contribution in [3.05, 3.63) is 0 Å². The first-order chi connectivity index (χ1) is 21.3. The fourth-order valence-electron chi connectivity index (χ4n) is 12.4. The molecule has 2 aliphatic heterocycles. The van der Waals surface area contributed by atoms with Crippen LogP contribution in [-0.4, -0.2) is 88.2 Å². The lowest BCUT2D eigenvalue weighted by molar-refractivity contribution is -0.235. The van der Waals surface area contributed by atoms with E-state index in [0.717, 1.165) is 0 Å². The highest BCUT2D eigenvalue weighted by Crippen LogP contribution is 2.75. The molecule has 5 aliphatic carbocycles. The van der Waals surface area contributed by atoms with Crippen LogP contribution in [0, 0.1) is 57.7 Å². The molecule has 0 bridgehead atoms. The van der Waals surface area contributed by atoms with E-state index in [1.807, 2.05) is 20.8 Å². The summed E-state index contributed by atoms with van der Waals surface area (Å²) in [5.74, 6) is -6.61. The van der Waals surface area contributed by atoms with E-state index in [4.69, 9.17) is 23.7 Å². The van der Waals surface area contributed by atoms with Gasteiger partial charge in [0.05, 0.1) is 11.5 Å². The largest absolute Gasteiger partial charge is 0.462 e. The molecule has 2 N–H and O–H groups in total. The summed E-state index contributed by atoms with van der Waals surface area (Å²) in [6.07, 6.45) is -4.23. The van der Waals surface area contributed by atoms with Gasteiger partial charge in [-0.1, -0.05) is 27.7 Å². The van der Waals surface area contributed by atoms with Gasteiger partial charge in [0, 0.05) is 55.3 Å². The zero-order valence-electron chi connectivity index (χ0n) is 27.7. The molecule has 0 amide bonds. The average Bonchev–Trinajstić information content (AvgIpc) is 3.63. The normalized spacial score (nSPS) is 56.1. The highest BCUT2D eigenvalue weighted by Gasteiger charge is 2.82. The summed E-state index contributed by atoms with van der Waals surface area (Å²) in [7, 11) is 0. The standard InChI is InChI=1S/C34H46O12/c1-12-9-20-33(7,34(8,41)30(40)46-20)24-22(12)32(6)19(42-13(2)35)11-16-21(23(32)28(24)43-14(3)36)26(39)25(38)17-10-18-27(45-18)29(31(16,17)5)44-15(4)37/h12,16-24,26-29,39,41H,9-11H2,1-8H3/t12?,16?,17?,18-,19-,20-,21?,22?,23?,24?,26?,27-,28?,29-,31+,32+,33-,34+/m0/s1. The number of Topliss-reactive ketones (excluding diaryl/α,β-unsaturated/α-hetero) is 1. The predicted octanol–water partition coefficient (Wildman–Crippen LogP) is 1.75. The number of epoxide rings is 1. The molecule has 18 atom stereocenters. The smallest absolute Gasteiger partial charge is 0.338 e. The Morgan fingerprint density at radius 2 is 1.48 bits per heavy atom. The summed E-state index contributed by atoms with van der Waals surface area (Å²) in [5.41, 5.74) is -5.09. The van der Waals surface area contributed by atoms with E-state index < -0.39 is 112 Å². The molecule has 9 unspecified atom stereocenters. The minimum atomic E-state index is -1.93. The van der Waals surface area contributed by atoms with Gasteiger partial charge in [0.2, 0.25) is 0 Å². The number of aliphatic hydroxyl groups excluding tert-OH is 1. The van der Waals surface area contributed by atoms with Crippen molar-refractivity contribution in [1.29, 1.82) is 0 Å². The van der Waals surface area contributed by atoms with Crippen molar-refractivity contribution >= 4 is 29.7 Å². The van der Waals surface area contributed by atoms with Crippen LogP contribution in [0.5, 0.6) is 0 Å². The lowest BCUT2D eigenvalue weighted by Gasteiger charge is -2.63. The van der Waals surface area contributed by atoms with Crippen LogP contribution in [0.15, 0.2) is 0 Å². The van der Waals surface area contributed by atoms with Crippen molar-refractivity contribution in [2.45, 2.75) is 123 Å². The molecule has 12 heteroatoms. The number of hydrogen-bond acceptors (Lipinski definition) is 12. The number of fused-ring (bicyclic) bond motifs is 10. The average molecular weight is 647 g/mol. The second-order valence-electron chi connectivity index (χ2n) is 16.2. The van der Waals surface area contributed by atoms with E-state index >= 15 is 0 Å². The zero-order valence-corrected chi connectivity index (χ0v) is 27.7. The van der Waals surface area contributed by atoms with E-state index in [0.29, 0.717) is 12.8 Å². The van der Waals surface area contributed by atoms with Crippen LogP contribution >= 0.6 is 0 Å². The number of aliphatic hydroxyl groups is 2. The van der Waals surface area contributed by atoms with Crippen molar-refractivity contribution in [3.8, 4) is 0 Å². The van der Waals surface area contributed by atoms with Gasteiger partial charge >= 0.3 is 23.9 Å². The molecule has 0 radical (unpaired) electrons. The Kier molecular flexibility index (Phi) is 6.78. The molecule has 12 nitrogen and oxygen atoms in total. The van der Waals surface area contributed by atoms with Crippen LogP contribution in [0.1, 0.15) is 74.7 Å². The number of ketones is 1. The van der Waals surface area contributed by atoms with E-state index in [1.54, 1.807) is 6.92 Å². The molecule has 0 spiro atoms. The number of esters is 4. The Balaban J connectivity index is 1.46. The Hall–Kier alpha value is -2.57. The van der Waals surface area contributed by atoms with Crippen molar-refractivity contribution in [2.24, 2.45) is 57.7 Å². The predicted molar refractivity (Wildman–Crippen MR) is 155 cm³/mol. The van der Waals surface area contributed by atoms with Gasteiger partial charge in [-0.15, -0.1) is 0 Å². The Bertz CT molecular complexity index is 1410. The molecule has 2 heterocycles. The molecule has 7 fully saturated rings. The van der Waals surface area contributed by atoms with E-state index in [1.165, 1.54) is 27.7 Å². The van der Waals surface area contributed by atoms with Gasteiger partial charge in [0.1, 0.15) is 36.6 Å². The van der Waals surface area contributed by atoms with Crippen molar-refractivity contribution in [2.75, 3.05) is 0 Å². The summed E-state index contributed by atoms with van der Waals surface area (Å²) in [4.78, 5) is 65.8. The van der Waals surface area contributed by atoms with Crippen molar-refractivity contribution in [3.63, 3.8) is 0 Å². The Labute approximate surface area is 268 Å². The van der Waals surface area contributed by atoms with Gasteiger partial charge in [0.25, 0.3) is 0 Å². The number of rotatable bonds is 3. The highest BCUT2D eigenvalue weighted by atomic mass is 16.6. The van der Waals surface area contributed by atoms with Gasteiger partial charge < -0.3 is 33.9 Å². The summed E-state index contributed by atoms with van der Waals surface area (Å²) >= 11 is 0. The summed E-state index contributed by atoms with van der Waals surface area (Å²) in [6, 6.07) is 0. The number of ether oxygens (including phenoxy) is 5. The van der Waals surface area contributed by atoms with Crippen LogP contribution in [-0.2, 0) is 47.7 Å². The third-order valence-corrected chi connectivity index (χ3v) is 14.3. The van der Waals surface area contributed by atoms with E-state index in [2.05, 4.69) is 0 Å². The number of carbonyl (C=O) groups excluding carboxylic acids is 5. The molecule has 7 aliphatic rings. The molecule has 0 aromatic rings. The molecule has 7 rings (SSSR count). The second-order valence-corrected chi connectivity index (χ2v) is 16.2. The van der Waals surface area contributed by atoms with Gasteiger partial charge in [-0.05, 0) is 43.9 Å². The topological polar surface area (TPSA) is 175 Å². The molecule has 2 saturated heterocycles. The maximum Gasteiger partial charge on any atom is 0.338 e. The summed E-state index contributed by atoms with van der Waals surface area (Å²) in [6.45, 7) is 13.1. The Morgan fingerprint density at radius 1 is 0.848 bits per heavy atom. The van der Waals surface area contributed by atoms with Crippen LogP contribution in [0.25, 0.3) is 0 Å². The SMILES string of the molecule is CC(=O)OC1C2C3C(O)C(=O)C4C[C@@H]5O[C@@H]5[C@H](OC(C)=O)[C@]4(C)C3C[C@H](OC(C)=O)[C@]2(C)C2C(C)C[C@@H]3OC(=O)[C@@](C)(O)[C@]3(C)C12. The van der Waals surface area contributed by atoms with Crippen LogP contribution in [0.4, 0.5) is 0 Å². The molecular weight excluding hydrogens is 600 g/mol. The second kappa shape index (κ2) is 9.75. The molecule has 254 valence electrons. The maximum atomic E-state index is 14.3. The minimum absolute atomic E-state index is 0.142. The van der Waals surface area contributed by atoms with Crippen molar-refractivity contribution in [1.82, 2.24) is 0 Å². The van der Waals surface area contributed by atoms with Crippen LogP contribution in [0.3, 0.4) is 0 Å². The van der Waals surface area contributed by atoms with Gasteiger partial charge in [-0.25, -0.2) is 4.79 Å². The van der Waals surface area contributed by atoms with Crippen molar-refractivity contribution < 1.29 is 57.9 Å². The van der Waals surface area contributed by atoms with E-state index in [9.17, 15) is 34.2 Å². The zero-order chi connectivity index (χ0) is 33.6. The molecular formula is C34H46O12. The lowest BCUT2D eigenvalue weighted by atomic mass is 9.41. The number of carbonyl (C=O) groups is 5. The lowest BCUT2D eigenvalue weighted by Crippen LogP contribution is -2.70. The summed E-state index contributed by atoms with van der Waals surface area (Å²) < 4.78 is 30.2. The Morgan fingerprint density at radius 3 is 2.09 bits per heavy atom. The first-order valence-electron chi connectivity index (χ1n) is 16.6. The highest BCUT2D eigenvalue weighted by molar-refractivity contribution is 5.88. The van der Waals surface area contributed by atoms with Crippen LogP contribution in [0.2, 0.25) is 0 Å². The van der Waals surface area contributed by atoms with Gasteiger partial charge in [0.15, 0.2) is 11.4 Å². The third kappa shape index (κ3) is 3.75. The van der Waals surface area contributed by atoms with Gasteiger partial charge in [-0.2, -0.15) is 0 Å². The summed E-state index contributed by atoms with van der Waals surface area (Å²) in [5, 5.41) is 23.9. The van der Waals surface area contributed by atoms with E-state index in [-0.39, 0.29) is 30.1 Å². The third-order valence-electron chi connectivity index (χ3n) is 14.3. The van der Waals surface area contributed by atoms with Gasteiger partial charge in [-0.3, -0.25) is 19.2 Å². The maximum absolute atomic E-state index is 14.3. The minimum Gasteiger partial charge on any atom is -0.462 e. The molecule has 0 aromatic carbocycles. The monoisotopic (exact) mass is 646 g/mol. The molecule has 5 saturated carbocycles. The first-order valence-corrected chi connectivity index (χ1v) is 16.6. The molecule has 46 heavy (non-hydrogen) atoms. The fraction of sp³-hybridized carbons (Fsp3) is 0.853. The molecule has 0 aromatic heterocycles. The van der Waals surface area contributed by atoms with Crippen LogP contribution < -0.4 is 0 Å². The number of hydrogen-bond donors (Lipinski definition) is 2. The fourth-order valence-corrected chi connectivity index (χ4v) is 12.4.